The molecule has 0 radical (unpaired) electrons. The van der Waals surface area contributed by atoms with E-state index >= 15 is 0 Å². The summed E-state index contributed by atoms with van der Waals surface area (Å²) in [5, 5.41) is 23.7. The molecule has 20 heavy (non-hydrogen) atoms. The summed E-state index contributed by atoms with van der Waals surface area (Å²) in [4.78, 5) is 12.2. The fourth-order valence-corrected chi connectivity index (χ4v) is 2.12. The van der Waals surface area contributed by atoms with Gasteiger partial charge in [-0.15, -0.1) is 0 Å². The number of rotatable bonds is 6. The van der Waals surface area contributed by atoms with E-state index in [-0.39, 0.29) is 17.2 Å². The number of aliphatic hydroxyl groups excluding tert-OH is 2. The summed E-state index contributed by atoms with van der Waals surface area (Å²) >= 11 is 0. The number of carbonyl (C=O) groups is 1. The van der Waals surface area contributed by atoms with Crippen LogP contribution in [0, 0.1) is 17.3 Å². The molecule has 0 aliphatic carbocycles. The van der Waals surface area contributed by atoms with Crippen LogP contribution in [0.5, 0.6) is 0 Å². The largest absolute Gasteiger partial charge is 0.392 e. The Hall–Kier alpha value is -0.450. The van der Waals surface area contributed by atoms with E-state index in [0.29, 0.717) is 6.54 Å². The molecule has 0 aliphatic rings. The van der Waals surface area contributed by atoms with Gasteiger partial charge in [-0.2, -0.15) is 0 Å². The summed E-state index contributed by atoms with van der Waals surface area (Å²) < 4.78 is 0. The number of hydrogen-bond donors (Lipinski definition) is 3. The molecule has 0 amide bonds. The molecular formula is C16H33NO3. The third kappa shape index (κ3) is 6.33. The molecular weight excluding hydrogens is 254 g/mol. The maximum Gasteiger partial charge on any atom is 0.143 e. The monoisotopic (exact) mass is 287 g/mol. The van der Waals surface area contributed by atoms with Crippen molar-refractivity contribution in [1.82, 2.24) is 5.32 Å². The van der Waals surface area contributed by atoms with Gasteiger partial charge in [0.25, 0.3) is 0 Å². The Labute approximate surface area is 124 Å². The summed E-state index contributed by atoms with van der Waals surface area (Å²) in [6.45, 7) is 15.5. The Morgan fingerprint density at radius 3 is 1.85 bits per heavy atom. The van der Waals surface area contributed by atoms with Gasteiger partial charge in [0, 0.05) is 29.3 Å². The molecule has 0 aliphatic heterocycles. The average Bonchev–Trinajstić information content (AvgIpc) is 2.30. The summed E-state index contributed by atoms with van der Waals surface area (Å²) in [6.07, 6.45) is -1.52. The minimum absolute atomic E-state index is 0.0211. The van der Waals surface area contributed by atoms with Crippen LogP contribution >= 0.6 is 0 Å². The molecule has 0 saturated carbocycles. The van der Waals surface area contributed by atoms with Crippen LogP contribution in [-0.2, 0) is 4.79 Å². The minimum Gasteiger partial charge on any atom is -0.392 e. The molecule has 4 heteroatoms. The van der Waals surface area contributed by atoms with Crippen molar-refractivity contribution in [3.8, 4) is 0 Å². The van der Waals surface area contributed by atoms with Gasteiger partial charge in [-0.3, -0.25) is 4.79 Å². The van der Waals surface area contributed by atoms with Crippen LogP contribution in [0.2, 0.25) is 0 Å². The second-order valence-electron chi connectivity index (χ2n) is 7.95. The highest BCUT2D eigenvalue weighted by Crippen LogP contribution is 2.26. The Morgan fingerprint density at radius 1 is 1.05 bits per heavy atom. The van der Waals surface area contributed by atoms with Crippen LogP contribution in [0.1, 0.15) is 55.4 Å². The summed E-state index contributed by atoms with van der Waals surface area (Å²) in [7, 11) is 0. The maximum atomic E-state index is 12.2. The first kappa shape index (κ1) is 19.6. The summed E-state index contributed by atoms with van der Waals surface area (Å²) in [6, 6.07) is 0. The zero-order valence-corrected chi connectivity index (χ0v) is 14.3. The van der Waals surface area contributed by atoms with Crippen LogP contribution in [0.3, 0.4) is 0 Å². The zero-order valence-electron chi connectivity index (χ0n) is 14.3. The number of carbonyl (C=O) groups excluding carboxylic acids is 1. The van der Waals surface area contributed by atoms with Crippen molar-refractivity contribution < 1.29 is 15.0 Å². The van der Waals surface area contributed by atoms with Gasteiger partial charge in [-0.1, -0.05) is 34.6 Å². The molecule has 120 valence electrons. The van der Waals surface area contributed by atoms with Gasteiger partial charge >= 0.3 is 0 Å². The van der Waals surface area contributed by atoms with Crippen molar-refractivity contribution in [3.63, 3.8) is 0 Å². The standard InChI is InChI=1S/C16H33NO3/c1-10(12(18)9-17-16(6,7)8)13(19)11(2)14(20)15(3,4)5/h10-13,17-19H,9H2,1-8H3. The second kappa shape index (κ2) is 7.01. The van der Waals surface area contributed by atoms with Gasteiger partial charge in [-0.05, 0) is 20.8 Å². The minimum atomic E-state index is -0.835. The van der Waals surface area contributed by atoms with Gasteiger partial charge in [0.2, 0.25) is 0 Å². The smallest absolute Gasteiger partial charge is 0.143 e. The van der Waals surface area contributed by atoms with Crippen molar-refractivity contribution >= 4 is 5.78 Å². The van der Waals surface area contributed by atoms with Crippen LogP contribution in [0.15, 0.2) is 0 Å². The van der Waals surface area contributed by atoms with E-state index < -0.39 is 23.5 Å². The highest BCUT2D eigenvalue weighted by atomic mass is 16.3. The van der Waals surface area contributed by atoms with Crippen LogP contribution < -0.4 is 5.32 Å². The molecule has 0 fully saturated rings. The number of Topliss-reactive ketones (excluding diaryl/α,β-unsaturated/α-hetero) is 1. The Kier molecular flexibility index (Phi) is 6.85. The van der Waals surface area contributed by atoms with Gasteiger partial charge in [0.15, 0.2) is 0 Å². The fraction of sp³-hybridized carbons (Fsp3) is 0.938. The summed E-state index contributed by atoms with van der Waals surface area (Å²) in [5.74, 6) is -0.812. The Morgan fingerprint density at radius 2 is 1.50 bits per heavy atom. The highest BCUT2D eigenvalue weighted by Gasteiger charge is 2.35. The van der Waals surface area contributed by atoms with E-state index in [1.54, 1.807) is 13.8 Å². The Bertz CT molecular complexity index is 315. The third-order valence-electron chi connectivity index (χ3n) is 3.65. The average molecular weight is 287 g/mol. The van der Waals surface area contributed by atoms with Gasteiger partial charge in [0.05, 0.1) is 12.2 Å². The molecule has 4 nitrogen and oxygen atoms in total. The van der Waals surface area contributed by atoms with Gasteiger partial charge < -0.3 is 15.5 Å². The molecule has 0 aromatic carbocycles. The predicted octanol–water partition coefficient (Wildman–Crippen LogP) is 1.98. The van der Waals surface area contributed by atoms with Crippen LogP contribution in [-0.4, -0.2) is 40.3 Å². The van der Waals surface area contributed by atoms with Crippen molar-refractivity contribution in [1.29, 1.82) is 0 Å². The van der Waals surface area contributed by atoms with E-state index in [4.69, 9.17) is 0 Å². The predicted molar refractivity (Wildman–Crippen MR) is 82.6 cm³/mol. The lowest BCUT2D eigenvalue weighted by Gasteiger charge is -2.32. The highest BCUT2D eigenvalue weighted by molar-refractivity contribution is 5.86. The first-order valence-electron chi connectivity index (χ1n) is 7.43. The second-order valence-corrected chi connectivity index (χ2v) is 7.95. The van der Waals surface area contributed by atoms with Crippen LogP contribution in [0.4, 0.5) is 0 Å². The Balaban J connectivity index is 4.61. The SMILES string of the molecule is CC(C(=O)C(C)(C)C)C(O)C(C)C(O)CNC(C)(C)C. The molecule has 0 heterocycles. The van der Waals surface area contributed by atoms with Crippen LogP contribution in [0.25, 0.3) is 0 Å². The zero-order chi connectivity index (χ0) is 16.3. The molecule has 0 aromatic rings. The lowest BCUT2D eigenvalue weighted by atomic mass is 9.78. The fourth-order valence-electron chi connectivity index (χ4n) is 2.12. The molecule has 3 N–H and O–H groups in total. The normalized spacial score (nSPS) is 19.3. The van der Waals surface area contributed by atoms with Crippen molar-refractivity contribution in [3.05, 3.63) is 0 Å². The number of nitrogens with one attached hydrogen (secondary N) is 1. The molecule has 0 rings (SSSR count). The quantitative estimate of drug-likeness (QED) is 0.699. The van der Waals surface area contributed by atoms with Crippen molar-refractivity contribution in [2.24, 2.45) is 17.3 Å². The molecule has 0 bridgehead atoms. The van der Waals surface area contributed by atoms with Crippen molar-refractivity contribution in [2.45, 2.75) is 73.1 Å². The van der Waals surface area contributed by atoms with E-state index in [2.05, 4.69) is 5.32 Å². The molecule has 4 atom stereocenters. The number of hydrogen-bond acceptors (Lipinski definition) is 4. The third-order valence-corrected chi connectivity index (χ3v) is 3.65. The molecule has 4 unspecified atom stereocenters. The number of aliphatic hydroxyl groups is 2. The summed E-state index contributed by atoms with van der Waals surface area (Å²) in [5.41, 5.74) is -0.562. The van der Waals surface area contributed by atoms with E-state index in [0.717, 1.165) is 0 Å². The molecule has 0 spiro atoms. The van der Waals surface area contributed by atoms with E-state index in [1.165, 1.54) is 0 Å². The number of ketones is 1. The lowest BCUT2D eigenvalue weighted by molar-refractivity contribution is -0.135. The maximum absolute atomic E-state index is 12.2. The number of β-amino-alcohol motifs (C(OH)–C–C–N with tert-alkyl or cyclic N) is 1. The first-order chi connectivity index (χ1) is 8.77. The van der Waals surface area contributed by atoms with Gasteiger partial charge in [0.1, 0.15) is 5.78 Å². The van der Waals surface area contributed by atoms with Crippen molar-refractivity contribution in [2.75, 3.05) is 6.54 Å². The lowest BCUT2D eigenvalue weighted by Crippen LogP contribution is -2.47. The van der Waals surface area contributed by atoms with E-state index in [1.807, 2.05) is 41.5 Å². The molecule has 0 saturated heterocycles. The van der Waals surface area contributed by atoms with E-state index in [9.17, 15) is 15.0 Å². The van der Waals surface area contributed by atoms with Gasteiger partial charge in [-0.25, -0.2) is 0 Å². The molecule has 0 aromatic heterocycles. The topological polar surface area (TPSA) is 69.6 Å². The first-order valence-corrected chi connectivity index (χ1v) is 7.43.